The molecule has 0 aromatic carbocycles. The molecule has 1 rings (SSSR count). The monoisotopic (exact) mass is 204 g/mol. The fourth-order valence-corrected chi connectivity index (χ4v) is 1.26. The number of aliphatic hydroxyl groups excluding tert-OH is 1. The predicted molar refractivity (Wildman–Crippen MR) is 63.7 cm³/mol. The molecule has 0 saturated carbocycles. The Morgan fingerprint density at radius 2 is 1.79 bits per heavy atom. The van der Waals surface area contributed by atoms with E-state index in [1.165, 1.54) is 0 Å². The van der Waals surface area contributed by atoms with Crippen molar-refractivity contribution in [3.05, 3.63) is 0 Å². The Kier molecular flexibility index (Phi) is 12.8. The Bertz CT molecular complexity index is 107. The fraction of sp³-hybridized carbons (Fsp3) is 1.00. The molecule has 1 fully saturated rings. The fourth-order valence-electron chi connectivity index (χ4n) is 1.26. The summed E-state index contributed by atoms with van der Waals surface area (Å²) in [6, 6.07) is 0.263. The van der Waals surface area contributed by atoms with Gasteiger partial charge in [0, 0.05) is 25.7 Å². The van der Waals surface area contributed by atoms with Crippen molar-refractivity contribution >= 4 is 0 Å². The van der Waals surface area contributed by atoms with E-state index in [9.17, 15) is 5.11 Å². The van der Waals surface area contributed by atoms with Gasteiger partial charge in [-0.2, -0.15) is 0 Å². The lowest BCUT2D eigenvalue weighted by Crippen LogP contribution is -2.53. The van der Waals surface area contributed by atoms with Crippen LogP contribution < -0.4 is 5.32 Å². The number of hydrogen-bond donors (Lipinski definition) is 2. The van der Waals surface area contributed by atoms with Gasteiger partial charge in [0.1, 0.15) is 0 Å². The highest BCUT2D eigenvalue weighted by Crippen LogP contribution is 1.99. The second-order valence-electron chi connectivity index (χ2n) is 3.06. The van der Waals surface area contributed by atoms with Gasteiger partial charge in [-0.25, -0.2) is 0 Å². The van der Waals surface area contributed by atoms with Crippen molar-refractivity contribution in [1.82, 2.24) is 10.2 Å². The maximum atomic E-state index is 9.21. The average molecular weight is 204 g/mol. The van der Waals surface area contributed by atoms with E-state index in [1.54, 1.807) is 0 Å². The summed E-state index contributed by atoms with van der Waals surface area (Å²) in [6.07, 6.45) is -0.234. The van der Waals surface area contributed by atoms with E-state index >= 15 is 0 Å². The molecule has 0 bridgehead atoms. The average Bonchev–Trinajstić information content (AvgIpc) is 2.24. The first-order valence-electron chi connectivity index (χ1n) is 5.80. The summed E-state index contributed by atoms with van der Waals surface area (Å²) < 4.78 is 0. The maximum Gasteiger partial charge on any atom is 0.0677 e. The topological polar surface area (TPSA) is 35.5 Å². The van der Waals surface area contributed by atoms with E-state index in [1.807, 2.05) is 34.6 Å². The minimum atomic E-state index is -0.234. The molecule has 14 heavy (non-hydrogen) atoms. The third-order valence-electron chi connectivity index (χ3n) is 1.99. The molecule has 3 heteroatoms. The predicted octanol–water partition coefficient (Wildman–Crippen LogP) is 1.32. The highest BCUT2D eigenvalue weighted by atomic mass is 16.3. The number of aliphatic hydroxyl groups is 1. The van der Waals surface area contributed by atoms with E-state index < -0.39 is 0 Å². The first kappa shape index (κ1) is 16.3. The Labute approximate surface area is 89.5 Å². The molecule has 88 valence electrons. The van der Waals surface area contributed by atoms with Gasteiger partial charge in [0.15, 0.2) is 0 Å². The van der Waals surface area contributed by atoms with Crippen molar-refractivity contribution in [2.45, 2.75) is 46.8 Å². The second kappa shape index (κ2) is 11.0. The van der Waals surface area contributed by atoms with Gasteiger partial charge in [-0.05, 0) is 14.0 Å². The standard InChI is InChI=1S/C7H16N2O.2C2H6/c1-6(10)7-5-9(2)4-3-8-7;2*1-2/h6-8,10H,3-5H2,1-2H3;2*1-2H3/t6?,7-;;/m0../s1. The molecule has 0 aromatic heterocycles. The maximum absolute atomic E-state index is 9.21. The van der Waals surface area contributed by atoms with E-state index in [0.29, 0.717) is 0 Å². The van der Waals surface area contributed by atoms with Gasteiger partial charge in [0.05, 0.1) is 6.10 Å². The molecule has 0 amide bonds. The van der Waals surface area contributed by atoms with Gasteiger partial charge < -0.3 is 15.3 Å². The van der Waals surface area contributed by atoms with E-state index in [2.05, 4.69) is 17.3 Å². The molecule has 1 saturated heterocycles. The molecule has 1 unspecified atom stereocenters. The van der Waals surface area contributed by atoms with Gasteiger partial charge >= 0.3 is 0 Å². The van der Waals surface area contributed by atoms with Crippen molar-refractivity contribution < 1.29 is 5.11 Å². The van der Waals surface area contributed by atoms with Crippen LogP contribution in [0, 0.1) is 0 Å². The third kappa shape index (κ3) is 7.30. The molecule has 0 radical (unpaired) electrons. The summed E-state index contributed by atoms with van der Waals surface area (Å²) in [5.74, 6) is 0. The minimum Gasteiger partial charge on any atom is -0.392 e. The highest BCUT2D eigenvalue weighted by molar-refractivity contribution is 4.80. The smallest absolute Gasteiger partial charge is 0.0677 e. The second-order valence-corrected chi connectivity index (χ2v) is 3.06. The van der Waals surface area contributed by atoms with Crippen molar-refractivity contribution in [3.8, 4) is 0 Å². The minimum absolute atomic E-state index is 0.234. The lowest BCUT2D eigenvalue weighted by Gasteiger charge is -2.32. The molecule has 1 heterocycles. The van der Waals surface area contributed by atoms with Crippen LogP contribution in [0.1, 0.15) is 34.6 Å². The van der Waals surface area contributed by atoms with Crippen LogP contribution in [0.15, 0.2) is 0 Å². The first-order valence-corrected chi connectivity index (χ1v) is 5.80. The largest absolute Gasteiger partial charge is 0.392 e. The SMILES string of the molecule is CC.CC.CC(O)[C@@H]1CN(C)CCN1. The third-order valence-corrected chi connectivity index (χ3v) is 1.99. The van der Waals surface area contributed by atoms with Crippen LogP contribution in [0.3, 0.4) is 0 Å². The first-order chi connectivity index (χ1) is 6.70. The molecular weight excluding hydrogens is 176 g/mol. The molecule has 0 aliphatic carbocycles. The van der Waals surface area contributed by atoms with Crippen LogP contribution in [-0.4, -0.2) is 48.8 Å². The molecule has 0 spiro atoms. The van der Waals surface area contributed by atoms with E-state index in [4.69, 9.17) is 0 Å². The molecule has 2 atom stereocenters. The van der Waals surface area contributed by atoms with Crippen LogP contribution >= 0.6 is 0 Å². The molecule has 3 nitrogen and oxygen atoms in total. The van der Waals surface area contributed by atoms with E-state index in [0.717, 1.165) is 19.6 Å². The van der Waals surface area contributed by atoms with Crippen LogP contribution in [0.2, 0.25) is 0 Å². The molecule has 2 N–H and O–H groups in total. The van der Waals surface area contributed by atoms with Gasteiger partial charge in [0.2, 0.25) is 0 Å². The number of nitrogens with one attached hydrogen (secondary N) is 1. The highest BCUT2D eigenvalue weighted by Gasteiger charge is 2.19. The summed E-state index contributed by atoms with van der Waals surface area (Å²) >= 11 is 0. The zero-order chi connectivity index (χ0) is 11.6. The van der Waals surface area contributed by atoms with Crippen molar-refractivity contribution in [2.24, 2.45) is 0 Å². The Hall–Kier alpha value is -0.120. The number of likely N-dealkylation sites (N-methyl/N-ethyl adjacent to an activating group) is 1. The van der Waals surface area contributed by atoms with Crippen molar-refractivity contribution in [3.63, 3.8) is 0 Å². The lowest BCUT2D eigenvalue weighted by atomic mass is 10.1. The number of hydrogen-bond acceptors (Lipinski definition) is 3. The summed E-state index contributed by atoms with van der Waals surface area (Å²) in [7, 11) is 2.08. The van der Waals surface area contributed by atoms with Crippen molar-refractivity contribution in [1.29, 1.82) is 0 Å². The zero-order valence-corrected chi connectivity index (χ0v) is 10.7. The van der Waals surface area contributed by atoms with Gasteiger partial charge in [-0.15, -0.1) is 0 Å². The van der Waals surface area contributed by atoms with Crippen molar-refractivity contribution in [2.75, 3.05) is 26.7 Å². The normalized spacial score (nSPS) is 23.8. The van der Waals surface area contributed by atoms with Crippen LogP contribution in [0.25, 0.3) is 0 Å². The number of rotatable bonds is 1. The molecular formula is C11H28N2O. The van der Waals surface area contributed by atoms with Gasteiger partial charge in [0.25, 0.3) is 0 Å². The Morgan fingerprint density at radius 3 is 2.07 bits per heavy atom. The Morgan fingerprint density at radius 1 is 1.29 bits per heavy atom. The summed E-state index contributed by atoms with van der Waals surface area (Å²) in [4.78, 5) is 2.23. The van der Waals surface area contributed by atoms with Crippen LogP contribution in [0.4, 0.5) is 0 Å². The number of nitrogens with zero attached hydrogens (tertiary/aromatic N) is 1. The lowest BCUT2D eigenvalue weighted by molar-refractivity contribution is 0.102. The molecule has 0 aromatic rings. The summed E-state index contributed by atoms with van der Waals surface area (Å²) in [6.45, 7) is 12.9. The van der Waals surface area contributed by atoms with Gasteiger partial charge in [-0.1, -0.05) is 27.7 Å². The van der Waals surface area contributed by atoms with Gasteiger partial charge in [-0.3, -0.25) is 0 Å². The summed E-state index contributed by atoms with van der Waals surface area (Å²) in [5.41, 5.74) is 0. The number of piperazine rings is 1. The molecule has 1 aliphatic rings. The molecule has 1 aliphatic heterocycles. The van der Waals surface area contributed by atoms with E-state index in [-0.39, 0.29) is 12.1 Å². The zero-order valence-electron chi connectivity index (χ0n) is 10.7. The van der Waals surface area contributed by atoms with Crippen LogP contribution in [0.5, 0.6) is 0 Å². The Balaban J connectivity index is 0. The quantitative estimate of drug-likeness (QED) is 0.676. The van der Waals surface area contributed by atoms with Crippen LogP contribution in [-0.2, 0) is 0 Å². The summed E-state index contributed by atoms with van der Waals surface area (Å²) in [5, 5.41) is 12.5.